The summed E-state index contributed by atoms with van der Waals surface area (Å²) in [6.45, 7) is 7.98. The number of urea groups is 1. The highest BCUT2D eigenvalue weighted by atomic mass is 16.5. The number of carbonyl (C=O) groups excluding carboxylic acids is 1. The molecule has 0 saturated carbocycles. The summed E-state index contributed by atoms with van der Waals surface area (Å²) in [6, 6.07) is 18.0. The Morgan fingerprint density at radius 1 is 1.07 bits per heavy atom. The van der Waals surface area contributed by atoms with Crippen molar-refractivity contribution < 1.29 is 9.53 Å². The van der Waals surface area contributed by atoms with Crippen LogP contribution in [0.4, 0.5) is 10.5 Å². The topological polar surface area (TPSA) is 44.8 Å². The Labute approximate surface area is 161 Å². The summed E-state index contributed by atoms with van der Waals surface area (Å²) < 4.78 is 5.40. The molecule has 0 spiro atoms. The first-order valence-corrected chi connectivity index (χ1v) is 9.67. The predicted molar refractivity (Wildman–Crippen MR) is 109 cm³/mol. The van der Waals surface area contributed by atoms with E-state index in [-0.39, 0.29) is 6.03 Å². The molecule has 2 aromatic carbocycles. The zero-order valence-electron chi connectivity index (χ0n) is 16.1. The normalized spacial score (nSPS) is 14.7. The van der Waals surface area contributed by atoms with Crippen molar-refractivity contribution in [1.29, 1.82) is 0 Å². The third kappa shape index (κ3) is 6.38. The highest BCUT2D eigenvalue weighted by molar-refractivity contribution is 5.89. The molecule has 1 heterocycles. The lowest BCUT2D eigenvalue weighted by atomic mass is 10.1. The minimum atomic E-state index is -0.0521. The molecule has 5 heteroatoms. The van der Waals surface area contributed by atoms with Crippen LogP contribution in [0.3, 0.4) is 0 Å². The number of anilines is 1. The van der Waals surface area contributed by atoms with Crippen molar-refractivity contribution in [2.24, 2.45) is 0 Å². The van der Waals surface area contributed by atoms with Crippen molar-refractivity contribution in [3.05, 3.63) is 65.7 Å². The third-order valence-corrected chi connectivity index (χ3v) is 4.81. The number of hydrogen-bond donors (Lipinski definition) is 1. The number of nitrogens with zero attached hydrogens (tertiary/aromatic N) is 2. The first-order chi connectivity index (χ1) is 13.2. The highest BCUT2D eigenvalue weighted by Gasteiger charge is 2.16. The fourth-order valence-electron chi connectivity index (χ4n) is 3.20. The number of ether oxygens (including phenoxy) is 1. The number of rotatable bonds is 7. The monoisotopic (exact) mass is 367 g/mol. The van der Waals surface area contributed by atoms with Gasteiger partial charge >= 0.3 is 6.03 Å². The molecule has 1 N–H and O–H groups in total. The van der Waals surface area contributed by atoms with Crippen LogP contribution in [0.1, 0.15) is 17.5 Å². The van der Waals surface area contributed by atoms with Crippen LogP contribution < -0.4 is 5.32 Å². The van der Waals surface area contributed by atoms with Gasteiger partial charge in [-0.05, 0) is 31.0 Å². The molecule has 0 aliphatic carbocycles. The van der Waals surface area contributed by atoms with Crippen LogP contribution in [0.2, 0.25) is 0 Å². The van der Waals surface area contributed by atoms with Crippen molar-refractivity contribution >= 4 is 11.7 Å². The molecule has 0 unspecified atom stereocenters. The minimum Gasteiger partial charge on any atom is -0.379 e. The van der Waals surface area contributed by atoms with Crippen molar-refractivity contribution in [2.45, 2.75) is 19.9 Å². The Morgan fingerprint density at radius 3 is 2.48 bits per heavy atom. The van der Waals surface area contributed by atoms with Crippen LogP contribution in [-0.2, 0) is 11.3 Å². The predicted octanol–water partition coefficient (Wildman–Crippen LogP) is 3.75. The average molecular weight is 367 g/mol. The zero-order valence-corrected chi connectivity index (χ0v) is 16.1. The molecule has 27 heavy (non-hydrogen) atoms. The van der Waals surface area contributed by atoms with Gasteiger partial charge in [-0.2, -0.15) is 0 Å². The second-order valence-electron chi connectivity index (χ2n) is 7.01. The molecular formula is C22H29N3O2. The van der Waals surface area contributed by atoms with Gasteiger partial charge in [0.2, 0.25) is 0 Å². The van der Waals surface area contributed by atoms with E-state index in [9.17, 15) is 4.79 Å². The molecule has 1 fully saturated rings. The lowest BCUT2D eigenvalue weighted by Crippen LogP contribution is -2.40. The van der Waals surface area contributed by atoms with Crippen LogP contribution in [-0.4, -0.2) is 55.2 Å². The Hall–Kier alpha value is -2.37. The van der Waals surface area contributed by atoms with Gasteiger partial charge in [0, 0.05) is 38.4 Å². The maximum Gasteiger partial charge on any atom is 0.322 e. The van der Waals surface area contributed by atoms with E-state index in [0.29, 0.717) is 6.54 Å². The molecule has 0 radical (unpaired) electrons. The number of carbonyl (C=O) groups is 1. The van der Waals surface area contributed by atoms with Gasteiger partial charge in [0.1, 0.15) is 0 Å². The number of nitrogens with one attached hydrogen (secondary N) is 1. The van der Waals surface area contributed by atoms with Gasteiger partial charge in [-0.25, -0.2) is 4.79 Å². The second kappa shape index (κ2) is 10.1. The fraction of sp³-hybridized carbons (Fsp3) is 0.409. The molecule has 1 aliphatic heterocycles. The molecule has 0 atom stereocenters. The number of aryl methyl sites for hydroxylation is 1. The Kier molecular flexibility index (Phi) is 7.25. The van der Waals surface area contributed by atoms with Gasteiger partial charge < -0.3 is 15.0 Å². The van der Waals surface area contributed by atoms with Crippen LogP contribution in [0.25, 0.3) is 0 Å². The summed E-state index contributed by atoms with van der Waals surface area (Å²) in [7, 11) is 0. The van der Waals surface area contributed by atoms with E-state index in [1.54, 1.807) is 0 Å². The van der Waals surface area contributed by atoms with Crippen molar-refractivity contribution in [1.82, 2.24) is 9.80 Å². The molecule has 0 aromatic heterocycles. The standard InChI is InChI=1S/C22H29N3O2/c1-19-8-10-20(11-9-19)18-25(13-5-12-24-14-16-27-17-15-24)22(26)23-21-6-3-2-4-7-21/h2-4,6-11H,5,12-18H2,1H3,(H,23,26). The van der Waals surface area contributed by atoms with Crippen molar-refractivity contribution in [2.75, 3.05) is 44.7 Å². The summed E-state index contributed by atoms with van der Waals surface area (Å²) in [5, 5.41) is 3.02. The Bertz CT molecular complexity index is 697. The number of benzene rings is 2. The molecule has 144 valence electrons. The summed E-state index contributed by atoms with van der Waals surface area (Å²) in [6.07, 6.45) is 0.952. The smallest absolute Gasteiger partial charge is 0.322 e. The van der Waals surface area contributed by atoms with Gasteiger partial charge in [-0.15, -0.1) is 0 Å². The number of morpholine rings is 1. The summed E-state index contributed by atoms with van der Waals surface area (Å²) in [4.78, 5) is 17.2. The van der Waals surface area contributed by atoms with E-state index in [1.165, 1.54) is 5.56 Å². The lowest BCUT2D eigenvalue weighted by Gasteiger charge is -2.28. The average Bonchev–Trinajstić information content (AvgIpc) is 2.70. The van der Waals surface area contributed by atoms with E-state index >= 15 is 0 Å². The van der Waals surface area contributed by atoms with Crippen LogP contribution in [0.5, 0.6) is 0 Å². The third-order valence-electron chi connectivity index (χ3n) is 4.81. The number of hydrogen-bond acceptors (Lipinski definition) is 3. The van der Waals surface area contributed by atoms with E-state index < -0.39 is 0 Å². The fourth-order valence-corrected chi connectivity index (χ4v) is 3.20. The molecule has 3 rings (SSSR count). The highest BCUT2D eigenvalue weighted by Crippen LogP contribution is 2.12. The van der Waals surface area contributed by atoms with Gasteiger partial charge in [0.25, 0.3) is 0 Å². The molecule has 1 aliphatic rings. The van der Waals surface area contributed by atoms with Gasteiger partial charge in [0.15, 0.2) is 0 Å². The second-order valence-corrected chi connectivity index (χ2v) is 7.01. The molecule has 0 bridgehead atoms. The minimum absolute atomic E-state index is 0.0521. The van der Waals surface area contributed by atoms with Gasteiger partial charge in [-0.3, -0.25) is 4.90 Å². The van der Waals surface area contributed by atoms with Crippen LogP contribution in [0.15, 0.2) is 54.6 Å². The maximum absolute atomic E-state index is 12.8. The van der Waals surface area contributed by atoms with E-state index in [1.807, 2.05) is 35.2 Å². The van der Waals surface area contributed by atoms with E-state index in [4.69, 9.17) is 4.74 Å². The van der Waals surface area contributed by atoms with Crippen molar-refractivity contribution in [3.8, 4) is 0 Å². The number of para-hydroxylation sites is 1. The van der Waals surface area contributed by atoms with Crippen molar-refractivity contribution in [3.63, 3.8) is 0 Å². The Balaban J connectivity index is 1.59. The van der Waals surface area contributed by atoms with Gasteiger partial charge in [0.05, 0.1) is 13.2 Å². The first-order valence-electron chi connectivity index (χ1n) is 9.67. The van der Waals surface area contributed by atoms with Crippen LogP contribution >= 0.6 is 0 Å². The molecule has 5 nitrogen and oxygen atoms in total. The molecule has 1 saturated heterocycles. The summed E-state index contributed by atoms with van der Waals surface area (Å²) >= 11 is 0. The molecule has 2 aromatic rings. The first kappa shape index (κ1) is 19.4. The van der Waals surface area contributed by atoms with Crippen LogP contribution in [0, 0.1) is 6.92 Å². The number of amides is 2. The lowest BCUT2D eigenvalue weighted by molar-refractivity contribution is 0.0365. The molecule has 2 amide bonds. The quantitative estimate of drug-likeness (QED) is 0.811. The zero-order chi connectivity index (χ0) is 18.9. The van der Waals surface area contributed by atoms with Gasteiger partial charge in [-0.1, -0.05) is 48.0 Å². The Morgan fingerprint density at radius 2 is 1.78 bits per heavy atom. The SMILES string of the molecule is Cc1ccc(CN(CCCN2CCOCC2)C(=O)Nc2ccccc2)cc1. The van der Waals surface area contributed by atoms with E-state index in [2.05, 4.69) is 41.4 Å². The van der Waals surface area contributed by atoms with E-state index in [0.717, 1.165) is 57.1 Å². The molecular weight excluding hydrogens is 338 g/mol. The summed E-state index contributed by atoms with van der Waals surface area (Å²) in [5.74, 6) is 0. The maximum atomic E-state index is 12.8. The summed E-state index contributed by atoms with van der Waals surface area (Å²) in [5.41, 5.74) is 3.20. The largest absolute Gasteiger partial charge is 0.379 e.